The molecule has 7 heteroatoms. The van der Waals surface area contributed by atoms with Crippen LogP contribution in [0.2, 0.25) is 5.02 Å². The maximum atomic E-state index is 12.8. The first kappa shape index (κ1) is 17.8. The Morgan fingerprint density at radius 3 is 2.80 bits per heavy atom. The monoisotopic (exact) mass is 378 g/mol. The second-order valence-corrected chi connectivity index (χ2v) is 7.09. The zero-order valence-corrected chi connectivity index (χ0v) is 15.6. The predicted octanol–water partition coefficient (Wildman–Crippen LogP) is 4.64. The molecule has 1 atom stereocenters. The van der Waals surface area contributed by atoms with E-state index in [0.29, 0.717) is 28.8 Å². The van der Waals surface area contributed by atoms with Crippen molar-refractivity contribution in [1.82, 2.24) is 4.90 Å². The van der Waals surface area contributed by atoms with Crippen molar-refractivity contribution in [2.75, 3.05) is 31.8 Å². The number of ether oxygens (including phenoxy) is 2. The molecule has 5 nitrogen and oxygen atoms in total. The standard InChI is InChI=1S/C18H19ClN2O3S/c1-23-14-6-7-15(16(11-14)24-2)20-18(22)21-8-9-25-17(21)12-4-3-5-13(19)10-12/h3-7,10-11,17H,8-9H2,1-2H3,(H,20,22). The summed E-state index contributed by atoms with van der Waals surface area (Å²) in [6, 6.07) is 12.7. The molecule has 1 N–H and O–H groups in total. The highest BCUT2D eigenvalue weighted by Crippen LogP contribution is 2.39. The number of nitrogens with zero attached hydrogens (tertiary/aromatic N) is 1. The minimum absolute atomic E-state index is 0.0528. The van der Waals surface area contributed by atoms with Crippen LogP contribution in [-0.4, -0.2) is 37.4 Å². The van der Waals surface area contributed by atoms with Crippen LogP contribution in [-0.2, 0) is 0 Å². The summed E-state index contributed by atoms with van der Waals surface area (Å²) < 4.78 is 10.5. The average Bonchev–Trinajstić information content (AvgIpc) is 3.12. The zero-order chi connectivity index (χ0) is 17.8. The lowest BCUT2D eigenvalue weighted by atomic mass is 10.2. The number of hydrogen-bond acceptors (Lipinski definition) is 4. The Balaban J connectivity index is 1.78. The van der Waals surface area contributed by atoms with Crippen LogP contribution in [0.25, 0.3) is 0 Å². The molecule has 3 rings (SSSR count). The SMILES string of the molecule is COc1ccc(NC(=O)N2CCSC2c2cccc(Cl)c2)c(OC)c1. The van der Waals surface area contributed by atoms with E-state index in [4.69, 9.17) is 21.1 Å². The van der Waals surface area contributed by atoms with E-state index in [-0.39, 0.29) is 11.4 Å². The summed E-state index contributed by atoms with van der Waals surface area (Å²) in [6.45, 7) is 0.673. The predicted molar refractivity (Wildman–Crippen MR) is 102 cm³/mol. The molecule has 1 saturated heterocycles. The molecule has 1 aliphatic heterocycles. The molecule has 1 aliphatic rings. The van der Waals surface area contributed by atoms with Crippen molar-refractivity contribution in [3.8, 4) is 11.5 Å². The third kappa shape index (κ3) is 3.96. The van der Waals surface area contributed by atoms with Gasteiger partial charge >= 0.3 is 6.03 Å². The summed E-state index contributed by atoms with van der Waals surface area (Å²) in [4.78, 5) is 14.6. The highest BCUT2D eigenvalue weighted by Gasteiger charge is 2.31. The maximum Gasteiger partial charge on any atom is 0.323 e. The molecule has 2 aromatic carbocycles. The molecule has 2 amide bonds. The van der Waals surface area contributed by atoms with E-state index in [1.165, 1.54) is 0 Å². The van der Waals surface area contributed by atoms with Crippen LogP contribution in [0.15, 0.2) is 42.5 Å². The number of methoxy groups -OCH3 is 2. The number of carbonyl (C=O) groups excluding carboxylic acids is 1. The van der Waals surface area contributed by atoms with E-state index in [1.807, 2.05) is 24.3 Å². The van der Waals surface area contributed by atoms with Gasteiger partial charge in [-0.1, -0.05) is 23.7 Å². The highest BCUT2D eigenvalue weighted by atomic mass is 35.5. The molecule has 132 valence electrons. The third-order valence-corrected chi connectivity index (χ3v) is 5.43. The number of amides is 2. The van der Waals surface area contributed by atoms with Gasteiger partial charge in [-0.3, -0.25) is 0 Å². The molecule has 1 heterocycles. The van der Waals surface area contributed by atoms with Crippen molar-refractivity contribution in [3.63, 3.8) is 0 Å². The normalized spacial score (nSPS) is 16.6. The quantitative estimate of drug-likeness (QED) is 0.842. The van der Waals surface area contributed by atoms with Gasteiger partial charge in [-0.15, -0.1) is 11.8 Å². The fourth-order valence-electron chi connectivity index (χ4n) is 2.70. The molecule has 0 aromatic heterocycles. The van der Waals surface area contributed by atoms with Gasteiger partial charge in [0.25, 0.3) is 0 Å². The van der Waals surface area contributed by atoms with Gasteiger partial charge in [-0.25, -0.2) is 4.79 Å². The Morgan fingerprint density at radius 1 is 1.24 bits per heavy atom. The van der Waals surface area contributed by atoms with Crippen molar-refractivity contribution in [1.29, 1.82) is 0 Å². The minimum atomic E-state index is -0.168. The van der Waals surface area contributed by atoms with Gasteiger partial charge in [0.1, 0.15) is 16.9 Å². The van der Waals surface area contributed by atoms with E-state index >= 15 is 0 Å². The van der Waals surface area contributed by atoms with Gasteiger partial charge in [-0.2, -0.15) is 0 Å². The lowest BCUT2D eigenvalue weighted by molar-refractivity contribution is 0.214. The van der Waals surface area contributed by atoms with Crippen LogP contribution < -0.4 is 14.8 Å². The molecule has 1 fully saturated rings. The second kappa shape index (κ2) is 7.89. The summed E-state index contributed by atoms with van der Waals surface area (Å²) in [5.74, 6) is 2.10. The van der Waals surface area contributed by atoms with Crippen molar-refractivity contribution >= 4 is 35.1 Å². The van der Waals surface area contributed by atoms with Crippen LogP contribution >= 0.6 is 23.4 Å². The zero-order valence-electron chi connectivity index (χ0n) is 14.0. The van der Waals surface area contributed by atoms with Crippen LogP contribution in [0.5, 0.6) is 11.5 Å². The van der Waals surface area contributed by atoms with Crippen LogP contribution in [0.3, 0.4) is 0 Å². The average molecular weight is 379 g/mol. The van der Waals surface area contributed by atoms with Crippen molar-refractivity contribution in [3.05, 3.63) is 53.1 Å². The van der Waals surface area contributed by atoms with Crippen molar-refractivity contribution < 1.29 is 14.3 Å². The van der Waals surface area contributed by atoms with Gasteiger partial charge in [0.2, 0.25) is 0 Å². The molecular weight excluding hydrogens is 360 g/mol. The molecule has 0 aliphatic carbocycles. The maximum absolute atomic E-state index is 12.8. The number of hydrogen-bond donors (Lipinski definition) is 1. The Bertz CT molecular complexity index is 772. The van der Waals surface area contributed by atoms with Crippen molar-refractivity contribution in [2.45, 2.75) is 5.37 Å². The first-order valence-electron chi connectivity index (χ1n) is 7.79. The minimum Gasteiger partial charge on any atom is -0.497 e. The number of rotatable bonds is 4. The van der Waals surface area contributed by atoms with E-state index in [2.05, 4.69) is 5.32 Å². The molecule has 0 spiro atoms. The number of urea groups is 1. The van der Waals surface area contributed by atoms with E-state index in [9.17, 15) is 4.79 Å². The second-order valence-electron chi connectivity index (χ2n) is 5.47. The van der Waals surface area contributed by atoms with Crippen molar-refractivity contribution in [2.24, 2.45) is 0 Å². The Morgan fingerprint density at radius 2 is 2.08 bits per heavy atom. The molecule has 2 aromatic rings. The Kier molecular flexibility index (Phi) is 5.60. The van der Waals surface area contributed by atoms with Gasteiger partial charge in [0.05, 0.1) is 19.9 Å². The molecular formula is C18H19ClN2O3S. The molecule has 25 heavy (non-hydrogen) atoms. The molecule has 0 bridgehead atoms. The summed E-state index contributed by atoms with van der Waals surface area (Å²) in [5, 5.41) is 3.55. The van der Waals surface area contributed by atoms with Gasteiger partial charge in [0, 0.05) is 23.4 Å². The van der Waals surface area contributed by atoms with Crippen LogP contribution in [0.1, 0.15) is 10.9 Å². The summed E-state index contributed by atoms with van der Waals surface area (Å²) in [5.41, 5.74) is 1.63. The highest BCUT2D eigenvalue weighted by molar-refractivity contribution is 7.99. The first-order chi connectivity index (χ1) is 12.1. The summed E-state index contributed by atoms with van der Waals surface area (Å²) in [6.07, 6.45) is 0. The number of halogens is 1. The van der Waals surface area contributed by atoms with E-state index in [1.54, 1.807) is 49.1 Å². The Hall–Kier alpha value is -2.05. The van der Waals surface area contributed by atoms with Gasteiger partial charge in [0.15, 0.2) is 0 Å². The summed E-state index contributed by atoms with van der Waals surface area (Å²) >= 11 is 7.81. The molecule has 1 unspecified atom stereocenters. The third-order valence-electron chi connectivity index (χ3n) is 3.94. The number of thioether (sulfide) groups is 1. The van der Waals surface area contributed by atoms with Gasteiger partial charge in [-0.05, 0) is 29.8 Å². The number of nitrogens with one attached hydrogen (secondary N) is 1. The lowest BCUT2D eigenvalue weighted by Crippen LogP contribution is -2.34. The smallest absolute Gasteiger partial charge is 0.323 e. The summed E-state index contributed by atoms with van der Waals surface area (Å²) in [7, 11) is 3.15. The molecule has 0 saturated carbocycles. The topological polar surface area (TPSA) is 50.8 Å². The fourth-order valence-corrected chi connectivity index (χ4v) is 4.15. The largest absolute Gasteiger partial charge is 0.497 e. The number of benzene rings is 2. The number of anilines is 1. The lowest BCUT2D eigenvalue weighted by Gasteiger charge is -2.25. The van der Waals surface area contributed by atoms with E-state index < -0.39 is 0 Å². The van der Waals surface area contributed by atoms with Gasteiger partial charge < -0.3 is 19.7 Å². The Labute approximate surface area is 156 Å². The number of carbonyl (C=O) groups is 1. The first-order valence-corrected chi connectivity index (χ1v) is 9.22. The fraction of sp³-hybridized carbons (Fsp3) is 0.278. The van der Waals surface area contributed by atoms with Crippen LogP contribution in [0.4, 0.5) is 10.5 Å². The van der Waals surface area contributed by atoms with Crippen LogP contribution in [0, 0.1) is 0 Å². The molecule has 0 radical (unpaired) electrons. The van der Waals surface area contributed by atoms with E-state index in [0.717, 1.165) is 11.3 Å².